The van der Waals surface area contributed by atoms with Crippen LogP contribution in [0.1, 0.15) is 52.0 Å². The number of hydrogen-bond acceptors (Lipinski definition) is 4. The van der Waals surface area contributed by atoms with Crippen LogP contribution in [0.25, 0.3) is 5.57 Å². The zero-order valence-electron chi connectivity index (χ0n) is 15.6. The zero-order valence-corrected chi connectivity index (χ0v) is 16.4. The van der Waals surface area contributed by atoms with E-state index in [1.54, 1.807) is 24.3 Å². The first-order chi connectivity index (χ1) is 12.5. The molecule has 1 heterocycles. The number of nitrogens with zero attached hydrogens (tertiary/aromatic N) is 1. The molecule has 0 fully saturated rings. The molecule has 1 aliphatic heterocycles. The van der Waals surface area contributed by atoms with Gasteiger partial charge in [0.1, 0.15) is 0 Å². The third kappa shape index (κ3) is 4.75. The summed E-state index contributed by atoms with van der Waals surface area (Å²) in [5.41, 5.74) is 1.86. The summed E-state index contributed by atoms with van der Waals surface area (Å²) in [6.45, 7) is 6.02. The molecule has 140 valence electrons. The molecule has 0 radical (unpaired) electrons. The van der Waals surface area contributed by atoms with Gasteiger partial charge in [-0.1, -0.05) is 45.2 Å². The molecule has 1 N–H and O–H groups in total. The van der Waals surface area contributed by atoms with Crippen molar-refractivity contribution in [2.45, 2.75) is 46.5 Å². The quantitative estimate of drug-likeness (QED) is 0.523. The van der Waals surface area contributed by atoms with Crippen LogP contribution in [0.5, 0.6) is 0 Å². The summed E-state index contributed by atoms with van der Waals surface area (Å²) >= 11 is 1.41. The van der Waals surface area contributed by atoms with Gasteiger partial charge in [-0.2, -0.15) is 0 Å². The van der Waals surface area contributed by atoms with Crippen molar-refractivity contribution in [2.24, 2.45) is 0 Å². The van der Waals surface area contributed by atoms with Crippen LogP contribution in [-0.4, -0.2) is 34.9 Å². The highest BCUT2D eigenvalue weighted by atomic mass is 32.2. The Morgan fingerprint density at radius 1 is 1.04 bits per heavy atom. The number of anilines is 1. The molecule has 6 heteroatoms. The van der Waals surface area contributed by atoms with E-state index < -0.39 is 0 Å². The van der Waals surface area contributed by atoms with Crippen LogP contribution < -0.4 is 5.32 Å². The molecule has 0 saturated carbocycles. The van der Waals surface area contributed by atoms with Gasteiger partial charge < -0.3 is 5.32 Å². The Balaban J connectivity index is 2.23. The molecular formula is C20H26N2O3S. The van der Waals surface area contributed by atoms with Gasteiger partial charge in [-0.3, -0.25) is 19.3 Å². The number of unbranched alkanes of at least 4 members (excludes halogenated alkanes) is 3. The van der Waals surface area contributed by atoms with Gasteiger partial charge in [0.25, 0.3) is 11.8 Å². The predicted molar refractivity (Wildman–Crippen MR) is 107 cm³/mol. The third-order valence-corrected chi connectivity index (χ3v) is 5.10. The Morgan fingerprint density at radius 3 is 2.31 bits per heavy atom. The monoisotopic (exact) mass is 374 g/mol. The largest absolute Gasteiger partial charge is 0.326 e. The van der Waals surface area contributed by atoms with Crippen LogP contribution in [0.3, 0.4) is 0 Å². The molecule has 0 aromatic heterocycles. The Kier molecular flexibility index (Phi) is 7.45. The van der Waals surface area contributed by atoms with Gasteiger partial charge in [0.15, 0.2) is 0 Å². The number of thioether (sulfide) groups is 1. The Bertz CT molecular complexity index is 710. The second-order valence-corrected chi connectivity index (χ2v) is 7.49. The summed E-state index contributed by atoms with van der Waals surface area (Å²) in [5.74, 6) is 0.185. The fourth-order valence-corrected chi connectivity index (χ4v) is 3.78. The number of amides is 3. The normalized spacial score (nSPS) is 14.3. The molecule has 0 saturated heterocycles. The summed E-state index contributed by atoms with van der Waals surface area (Å²) in [7, 11) is 0. The Labute approximate surface area is 159 Å². The summed E-state index contributed by atoms with van der Waals surface area (Å²) < 4.78 is 0. The Morgan fingerprint density at radius 2 is 1.73 bits per heavy atom. The molecular weight excluding hydrogens is 348 g/mol. The number of imide groups is 1. The van der Waals surface area contributed by atoms with Crippen molar-refractivity contribution < 1.29 is 14.4 Å². The minimum absolute atomic E-state index is 0.149. The summed E-state index contributed by atoms with van der Waals surface area (Å²) in [6, 6.07) is 7.06. The van der Waals surface area contributed by atoms with Gasteiger partial charge in [0.05, 0.1) is 10.5 Å². The number of nitrogens with one attached hydrogen (secondary N) is 1. The highest BCUT2D eigenvalue weighted by molar-refractivity contribution is 8.04. The first-order valence-electron chi connectivity index (χ1n) is 9.10. The van der Waals surface area contributed by atoms with Crippen molar-refractivity contribution in [1.82, 2.24) is 4.90 Å². The van der Waals surface area contributed by atoms with Crippen molar-refractivity contribution >= 4 is 40.7 Å². The van der Waals surface area contributed by atoms with E-state index in [1.165, 1.54) is 23.6 Å². The van der Waals surface area contributed by atoms with Crippen LogP contribution >= 0.6 is 11.8 Å². The molecule has 0 aliphatic carbocycles. The van der Waals surface area contributed by atoms with Crippen LogP contribution in [-0.2, 0) is 14.4 Å². The van der Waals surface area contributed by atoms with Gasteiger partial charge in [-0.05, 0) is 29.9 Å². The van der Waals surface area contributed by atoms with E-state index in [2.05, 4.69) is 12.2 Å². The Hall–Kier alpha value is -2.08. The number of hydrogen-bond donors (Lipinski definition) is 1. The lowest BCUT2D eigenvalue weighted by atomic mass is 10.1. The van der Waals surface area contributed by atoms with Crippen molar-refractivity contribution in [1.29, 1.82) is 0 Å². The van der Waals surface area contributed by atoms with E-state index in [9.17, 15) is 14.4 Å². The molecule has 0 bridgehead atoms. The molecule has 3 amide bonds. The number of rotatable bonds is 9. The van der Waals surface area contributed by atoms with Crippen molar-refractivity contribution in [2.75, 3.05) is 17.6 Å². The molecule has 0 unspecified atom stereocenters. The molecule has 0 spiro atoms. The standard InChI is InChI=1S/C20H26N2O3S/c1-4-6-7-8-13-22-19(24)17(18(20(22)25)26-5-2)15-9-11-16(12-10-15)21-14(3)23/h9-12H,4-8,13H2,1-3H3,(H,21,23). The van der Waals surface area contributed by atoms with Crippen molar-refractivity contribution in [3.8, 4) is 0 Å². The summed E-state index contributed by atoms with van der Waals surface area (Å²) in [5, 5.41) is 2.71. The number of benzene rings is 1. The molecule has 1 aliphatic rings. The van der Waals surface area contributed by atoms with E-state index in [0.29, 0.717) is 28.3 Å². The third-order valence-electron chi connectivity index (χ3n) is 4.14. The van der Waals surface area contributed by atoms with Crippen LogP contribution in [0.15, 0.2) is 29.2 Å². The maximum absolute atomic E-state index is 12.9. The molecule has 2 rings (SSSR count). The minimum Gasteiger partial charge on any atom is -0.326 e. The predicted octanol–water partition coefficient (Wildman–Crippen LogP) is 4.06. The highest BCUT2D eigenvalue weighted by Gasteiger charge is 2.38. The molecule has 26 heavy (non-hydrogen) atoms. The molecule has 1 aromatic rings. The van der Waals surface area contributed by atoms with E-state index in [0.717, 1.165) is 31.4 Å². The maximum atomic E-state index is 12.9. The van der Waals surface area contributed by atoms with Gasteiger partial charge in [-0.15, -0.1) is 11.8 Å². The van der Waals surface area contributed by atoms with Gasteiger partial charge >= 0.3 is 0 Å². The van der Waals surface area contributed by atoms with Crippen LogP contribution in [0.2, 0.25) is 0 Å². The van der Waals surface area contributed by atoms with Crippen LogP contribution in [0.4, 0.5) is 5.69 Å². The lowest BCUT2D eigenvalue weighted by Crippen LogP contribution is -2.32. The van der Waals surface area contributed by atoms with Crippen molar-refractivity contribution in [3.63, 3.8) is 0 Å². The number of carbonyl (C=O) groups excluding carboxylic acids is 3. The molecule has 0 atom stereocenters. The zero-order chi connectivity index (χ0) is 19.1. The SMILES string of the molecule is CCCCCCN1C(=O)C(SCC)=C(c2ccc(NC(C)=O)cc2)C1=O. The van der Waals surface area contributed by atoms with Gasteiger partial charge in [0, 0.05) is 19.2 Å². The maximum Gasteiger partial charge on any atom is 0.267 e. The first-order valence-corrected chi connectivity index (χ1v) is 10.1. The fourth-order valence-electron chi connectivity index (χ4n) is 2.91. The topological polar surface area (TPSA) is 66.5 Å². The lowest BCUT2D eigenvalue weighted by molar-refractivity contribution is -0.136. The summed E-state index contributed by atoms with van der Waals surface area (Å²) in [6.07, 6.45) is 4.08. The fraction of sp³-hybridized carbons (Fsp3) is 0.450. The van der Waals surface area contributed by atoms with Gasteiger partial charge in [0.2, 0.25) is 5.91 Å². The van der Waals surface area contributed by atoms with Crippen molar-refractivity contribution in [3.05, 3.63) is 34.7 Å². The average molecular weight is 375 g/mol. The van der Waals surface area contributed by atoms with Gasteiger partial charge in [-0.25, -0.2) is 0 Å². The minimum atomic E-state index is -0.213. The smallest absolute Gasteiger partial charge is 0.267 e. The number of carbonyl (C=O) groups is 3. The first kappa shape index (κ1) is 20.2. The van der Waals surface area contributed by atoms with E-state index >= 15 is 0 Å². The van der Waals surface area contributed by atoms with E-state index in [-0.39, 0.29) is 17.7 Å². The van der Waals surface area contributed by atoms with E-state index in [1.807, 2.05) is 6.92 Å². The second kappa shape index (κ2) is 9.57. The molecule has 5 nitrogen and oxygen atoms in total. The van der Waals surface area contributed by atoms with E-state index in [4.69, 9.17) is 0 Å². The highest BCUT2D eigenvalue weighted by Crippen LogP contribution is 2.36. The second-order valence-electron chi connectivity index (χ2n) is 6.22. The molecule has 1 aromatic carbocycles. The lowest BCUT2D eigenvalue weighted by Gasteiger charge is -2.14. The van der Waals surface area contributed by atoms with Crippen LogP contribution in [0, 0.1) is 0 Å². The average Bonchev–Trinajstić information content (AvgIpc) is 2.83. The summed E-state index contributed by atoms with van der Waals surface area (Å²) in [4.78, 5) is 38.7.